The first-order valence-electron chi connectivity index (χ1n) is 6.23. The predicted octanol–water partition coefficient (Wildman–Crippen LogP) is 2.37. The Hall–Kier alpha value is -0.570. The van der Waals surface area contributed by atoms with Gasteiger partial charge in [0, 0.05) is 0 Å². The van der Waals surface area contributed by atoms with Crippen molar-refractivity contribution in [2.24, 2.45) is 17.8 Å². The van der Waals surface area contributed by atoms with Crippen LogP contribution in [0.3, 0.4) is 0 Å². The third kappa shape index (κ3) is 2.40. The number of carbonyl (C=O) groups is 1. The third-order valence-corrected chi connectivity index (χ3v) is 3.98. The average Bonchev–Trinajstić information content (AvgIpc) is 2.22. The second-order valence-corrected chi connectivity index (χ2v) is 5.38. The van der Waals surface area contributed by atoms with Crippen LogP contribution in [-0.4, -0.2) is 23.8 Å². The molecule has 1 aliphatic rings. The summed E-state index contributed by atoms with van der Waals surface area (Å²) >= 11 is 0. The second kappa shape index (κ2) is 5.17. The largest absolute Gasteiger partial charge is 0.469 e. The van der Waals surface area contributed by atoms with E-state index in [1.54, 1.807) is 0 Å². The first-order chi connectivity index (χ1) is 7.43. The highest BCUT2D eigenvalue weighted by molar-refractivity contribution is 5.74. The van der Waals surface area contributed by atoms with Crippen molar-refractivity contribution >= 4 is 5.97 Å². The number of hydrogen-bond donors (Lipinski definition) is 1. The molecule has 3 unspecified atom stereocenters. The summed E-state index contributed by atoms with van der Waals surface area (Å²) in [4.78, 5) is 11.8. The van der Waals surface area contributed by atoms with E-state index in [4.69, 9.17) is 4.74 Å². The lowest BCUT2D eigenvalue weighted by molar-refractivity contribution is -0.169. The van der Waals surface area contributed by atoms with E-state index >= 15 is 0 Å². The van der Waals surface area contributed by atoms with Gasteiger partial charge in [-0.15, -0.1) is 0 Å². The van der Waals surface area contributed by atoms with Gasteiger partial charge in [-0.1, -0.05) is 33.6 Å². The minimum absolute atomic E-state index is 0.109. The number of esters is 1. The molecule has 1 N–H and O–H groups in total. The van der Waals surface area contributed by atoms with E-state index in [9.17, 15) is 9.90 Å². The van der Waals surface area contributed by atoms with Crippen molar-refractivity contribution in [2.75, 3.05) is 7.11 Å². The Kier molecular flexibility index (Phi) is 4.36. The van der Waals surface area contributed by atoms with Crippen molar-refractivity contribution in [1.29, 1.82) is 0 Å². The normalized spacial score (nSPS) is 32.5. The topological polar surface area (TPSA) is 46.5 Å². The molecule has 94 valence electrons. The van der Waals surface area contributed by atoms with Gasteiger partial charge in [-0.25, -0.2) is 0 Å². The maximum absolute atomic E-state index is 11.8. The smallest absolute Gasteiger partial charge is 0.311 e. The third-order valence-electron chi connectivity index (χ3n) is 3.98. The van der Waals surface area contributed by atoms with Crippen molar-refractivity contribution in [1.82, 2.24) is 0 Å². The van der Waals surface area contributed by atoms with E-state index in [1.807, 2.05) is 20.8 Å². The lowest BCUT2D eigenvalue weighted by Crippen LogP contribution is -2.51. The van der Waals surface area contributed by atoms with Gasteiger partial charge in [-0.2, -0.15) is 0 Å². The van der Waals surface area contributed by atoms with Crippen LogP contribution in [0.1, 0.15) is 46.5 Å². The zero-order chi connectivity index (χ0) is 12.3. The summed E-state index contributed by atoms with van der Waals surface area (Å²) in [6.45, 7) is 5.99. The second-order valence-electron chi connectivity index (χ2n) is 5.38. The van der Waals surface area contributed by atoms with Crippen LogP contribution in [0.4, 0.5) is 0 Å². The van der Waals surface area contributed by atoms with E-state index < -0.39 is 11.5 Å². The Balaban J connectivity index is 2.94. The Morgan fingerprint density at radius 2 is 2.06 bits per heavy atom. The maximum atomic E-state index is 11.8. The summed E-state index contributed by atoms with van der Waals surface area (Å²) in [6, 6.07) is 0. The number of methoxy groups -OCH3 is 1. The highest BCUT2D eigenvalue weighted by Crippen LogP contribution is 2.42. The van der Waals surface area contributed by atoms with Crippen LogP contribution in [0.5, 0.6) is 0 Å². The lowest BCUT2D eigenvalue weighted by Gasteiger charge is -2.44. The van der Waals surface area contributed by atoms with Crippen molar-refractivity contribution in [3.8, 4) is 0 Å². The van der Waals surface area contributed by atoms with Crippen LogP contribution in [-0.2, 0) is 9.53 Å². The summed E-state index contributed by atoms with van der Waals surface area (Å²) < 4.78 is 4.84. The van der Waals surface area contributed by atoms with Gasteiger partial charge < -0.3 is 9.84 Å². The zero-order valence-corrected chi connectivity index (χ0v) is 10.8. The monoisotopic (exact) mass is 228 g/mol. The molecule has 0 saturated heterocycles. The molecule has 3 nitrogen and oxygen atoms in total. The fourth-order valence-corrected chi connectivity index (χ4v) is 3.00. The molecule has 0 spiro atoms. The molecule has 0 aliphatic heterocycles. The summed E-state index contributed by atoms with van der Waals surface area (Å²) in [5.74, 6) is -0.384. The maximum Gasteiger partial charge on any atom is 0.311 e. The van der Waals surface area contributed by atoms with Gasteiger partial charge in [0.25, 0.3) is 0 Å². The zero-order valence-electron chi connectivity index (χ0n) is 10.8. The molecule has 0 heterocycles. The Labute approximate surface area is 98.2 Å². The number of hydrogen-bond acceptors (Lipinski definition) is 3. The van der Waals surface area contributed by atoms with Gasteiger partial charge in [0.15, 0.2) is 0 Å². The Morgan fingerprint density at radius 3 is 2.50 bits per heavy atom. The minimum atomic E-state index is -0.875. The number of rotatable bonds is 3. The number of aliphatic hydroxyl groups is 1. The molecule has 1 saturated carbocycles. The molecule has 0 radical (unpaired) electrons. The van der Waals surface area contributed by atoms with Gasteiger partial charge in [-0.05, 0) is 24.7 Å². The van der Waals surface area contributed by atoms with E-state index in [0.29, 0.717) is 6.42 Å². The summed E-state index contributed by atoms with van der Waals surface area (Å²) in [5.41, 5.74) is -0.875. The molecule has 0 aromatic heterocycles. The molecule has 1 fully saturated rings. The van der Waals surface area contributed by atoms with Gasteiger partial charge in [-0.3, -0.25) is 4.79 Å². The molecule has 0 amide bonds. The van der Waals surface area contributed by atoms with Crippen LogP contribution >= 0.6 is 0 Å². The first-order valence-corrected chi connectivity index (χ1v) is 6.23. The first kappa shape index (κ1) is 13.5. The lowest BCUT2D eigenvalue weighted by atomic mass is 9.66. The average molecular weight is 228 g/mol. The molecular weight excluding hydrogens is 204 g/mol. The molecule has 0 bridgehead atoms. The van der Waals surface area contributed by atoms with E-state index in [0.717, 1.165) is 19.3 Å². The standard InChI is InChI=1S/C13H24O3/c1-9(2)11(12(14)16-4)13(15)8-6-5-7-10(13)3/h9-11,15H,5-8H2,1-4H3. The van der Waals surface area contributed by atoms with Gasteiger partial charge in [0.05, 0.1) is 18.6 Å². The van der Waals surface area contributed by atoms with E-state index in [2.05, 4.69) is 0 Å². The summed E-state index contributed by atoms with van der Waals surface area (Å²) in [5, 5.41) is 10.8. The SMILES string of the molecule is COC(=O)C(C(C)C)C1(O)CCCCC1C. The molecule has 0 aromatic carbocycles. The molecule has 1 aliphatic carbocycles. The molecule has 3 heteroatoms. The van der Waals surface area contributed by atoms with E-state index in [-0.39, 0.29) is 17.8 Å². The molecule has 0 aromatic rings. The molecule has 16 heavy (non-hydrogen) atoms. The highest BCUT2D eigenvalue weighted by Gasteiger charge is 2.48. The van der Waals surface area contributed by atoms with Crippen molar-refractivity contribution < 1.29 is 14.6 Å². The molecular formula is C13H24O3. The van der Waals surface area contributed by atoms with Crippen LogP contribution in [0.15, 0.2) is 0 Å². The quantitative estimate of drug-likeness (QED) is 0.754. The Bertz CT molecular complexity index is 250. The summed E-state index contributed by atoms with van der Waals surface area (Å²) in [6.07, 6.45) is 3.86. The van der Waals surface area contributed by atoms with Crippen molar-refractivity contribution in [2.45, 2.75) is 52.1 Å². The predicted molar refractivity (Wildman–Crippen MR) is 62.9 cm³/mol. The van der Waals surface area contributed by atoms with Gasteiger partial charge in [0.1, 0.15) is 0 Å². The minimum Gasteiger partial charge on any atom is -0.469 e. The fourth-order valence-electron chi connectivity index (χ4n) is 3.00. The summed E-state index contributed by atoms with van der Waals surface area (Å²) in [7, 11) is 1.40. The number of ether oxygens (including phenoxy) is 1. The Morgan fingerprint density at radius 1 is 1.44 bits per heavy atom. The molecule has 3 atom stereocenters. The molecule has 1 rings (SSSR count). The number of carbonyl (C=O) groups excluding carboxylic acids is 1. The van der Waals surface area contributed by atoms with Crippen molar-refractivity contribution in [3.63, 3.8) is 0 Å². The fraction of sp³-hybridized carbons (Fsp3) is 0.923. The van der Waals surface area contributed by atoms with Crippen LogP contribution in [0.25, 0.3) is 0 Å². The highest BCUT2D eigenvalue weighted by atomic mass is 16.5. The van der Waals surface area contributed by atoms with E-state index in [1.165, 1.54) is 7.11 Å². The van der Waals surface area contributed by atoms with Crippen molar-refractivity contribution in [3.05, 3.63) is 0 Å². The van der Waals surface area contributed by atoms with Crippen LogP contribution in [0.2, 0.25) is 0 Å². The van der Waals surface area contributed by atoms with Gasteiger partial charge >= 0.3 is 5.97 Å². The van der Waals surface area contributed by atoms with Gasteiger partial charge in [0.2, 0.25) is 0 Å². The van der Waals surface area contributed by atoms with Crippen LogP contribution < -0.4 is 0 Å². The van der Waals surface area contributed by atoms with Crippen LogP contribution in [0, 0.1) is 17.8 Å².